The van der Waals surface area contributed by atoms with Gasteiger partial charge in [-0.15, -0.1) is 0 Å². The van der Waals surface area contributed by atoms with Crippen molar-refractivity contribution in [3.63, 3.8) is 0 Å². The lowest BCUT2D eigenvalue weighted by Gasteiger charge is -2.07. The minimum absolute atomic E-state index is 0.0683. The summed E-state index contributed by atoms with van der Waals surface area (Å²) in [7, 11) is 0. The van der Waals surface area contributed by atoms with E-state index in [1.807, 2.05) is 27.7 Å². The second-order valence-electron chi connectivity index (χ2n) is 1.95. The first kappa shape index (κ1) is 14.4. The smallest absolute Gasteiger partial charge is 0.106 e. The molecular weight excluding hydrogens is 156 g/mol. The minimum Gasteiger partial charge on any atom is -0.394 e. The Morgan fingerprint density at radius 3 is 1.92 bits per heavy atom. The molecule has 76 valence electrons. The average molecular weight is 178 g/mol. The fourth-order valence-electron chi connectivity index (χ4n) is 0.812. The van der Waals surface area contributed by atoms with E-state index in [9.17, 15) is 0 Å². The molecule has 1 fully saturated rings. The monoisotopic (exact) mass is 178 g/mol. The van der Waals surface area contributed by atoms with E-state index in [1.165, 1.54) is 0 Å². The lowest BCUT2D eigenvalue weighted by atomic mass is 10.2. The third kappa shape index (κ3) is 5.52. The Labute approximate surface area is 75.4 Å². The predicted octanol–water partition coefficient (Wildman–Crippen LogP) is 1.18. The largest absolute Gasteiger partial charge is 0.394 e. The number of ether oxygens (including phenoxy) is 1. The van der Waals surface area contributed by atoms with Gasteiger partial charge in [-0.2, -0.15) is 0 Å². The van der Waals surface area contributed by atoms with Crippen molar-refractivity contribution in [2.75, 3.05) is 13.2 Å². The third-order valence-corrected chi connectivity index (χ3v) is 1.35. The zero-order chi connectivity index (χ0) is 9.98. The van der Waals surface area contributed by atoms with E-state index in [4.69, 9.17) is 14.9 Å². The number of hydrogen-bond donors (Lipinski definition) is 2. The van der Waals surface area contributed by atoms with Crippen molar-refractivity contribution < 1.29 is 14.9 Å². The summed E-state index contributed by atoms with van der Waals surface area (Å²) >= 11 is 0. The molecule has 1 aliphatic rings. The molecule has 1 rings (SSSR count). The molecule has 0 saturated carbocycles. The molecule has 2 N–H and O–H groups in total. The van der Waals surface area contributed by atoms with Crippen molar-refractivity contribution in [1.82, 2.24) is 0 Å². The Hall–Kier alpha value is -0.120. The molecule has 0 bridgehead atoms. The molecule has 2 unspecified atom stereocenters. The van der Waals surface area contributed by atoms with Crippen LogP contribution in [0.15, 0.2) is 0 Å². The summed E-state index contributed by atoms with van der Waals surface area (Å²) in [6.45, 7) is 8.51. The van der Waals surface area contributed by atoms with Crippen molar-refractivity contribution in [2.45, 2.75) is 46.3 Å². The highest BCUT2D eigenvalue weighted by Crippen LogP contribution is 2.11. The van der Waals surface area contributed by atoms with Crippen molar-refractivity contribution >= 4 is 0 Å². The van der Waals surface area contributed by atoms with Gasteiger partial charge in [-0.1, -0.05) is 27.7 Å². The van der Waals surface area contributed by atoms with Gasteiger partial charge in [-0.3, -0.25) is 0 Å². The van der Waals surface area contributed by atoms with Gasteiger partial charge < -0.3 is 14.9 Å². The van der Waals surface area contributed by atoms with Gasteiger partial charge in [0.05, 0.1) is 12.7 Å². The van der Waals surface area contributed by atoms with Crippen molar-refractivity contribution in [2.24, 2.45) is 0 Å². The van der Waals surface area contributed by atoms with Crippen LogP contribution in [0.25, 0.3) is 0 Å². The summed E-state index contributed by atoms with van der Waals surface area (Å²) in [6, 6.07) is 0. The summed E-state index contributed by atoms with van der Waals surface area (Å²) in [5.74, 6) is 0. The molecule has 1 aliphatic heterocycles. The minimum atomic E-state index is -0.444. The molecule has 12 heavy (non-hydrogen) atoms. The summed E-state index contributed by atoms with van der Waals surface area (Å²) < 4.78 is 4.91. The second-order valence-corrected chi connectivity index (χ2v) is 1.95. The number of aliphatic hydroxyl groups excluding tert-OH is 2. The standard InChI is InChI=1S/C5H10O3.2C2H6/c6-3-5-4(7)1-2-8-5;2*1-2/h4-7H,1-3H2;2*1-2H3. The van der Waals surface area contributed by atoms with Crippen LogP contribution < -0.4 is 0 Å². The maximum atomic E-state index is 8.90. The summed E-state index contributed by atoms with van der Waals surface area (Å²) in [5, 5.41) is 17.4. The topological polar surface area (TPSA) is 49.7 Å². The van der Waals surface area contributed by atoms with E-state index in [1.54, 1.807) is 0 Å². The Morgan fingerprint density at radius 1 is 1.25 bits per heavy atom. The molecule has 0 spiro atoms. The van der Waals surface area contributed by atoms with Crippen LogP contribution in [0.5, 0.6) is 0 Å². The first-order chi connectivity index (χ1) is 5.84. The van der Waals surface area contributed by atoms with Crippen LogP contribution in [0.3, 0.4) is 0 Å². The molecule has 3 nitrogen and oxygen atoms in total. The van der Waals surface area contributed by atoms with E-state index < -0.39 is 6.10 Å². The summed E-state index contributed by atoms with van der Waals surface area (Å²) in [5.41, 5.74) is 0. The maximum absolute atomic E-state index is 8.90. The van der Waals surface area contributed by atoms with E-state index in [-0.39, 0.29) is 12.7 Å². The Kier molecular flexibility index (Phi) is 13.1. The third-order valence-electron chi connectivity index (χ3n) is 1.35. The van der Waals surface area contributed by atoms with Gasteiger partial charge in [-0.05, 0) is 6.42 Å². The molecule has 0 aromatic carbocycles. The Morgan fingerprint density at radius 2 is 1.75 bits per heavy atom. The highest BCUT2D eigenvalue weighted by atomic mass is 16.5. The molecule has 0 amide bonds. The van der Waals surface area contributed by atoms with Gasteiger partial charge in [0.2, 0.25) is 0 Å². The van der Waals surface area contributed by atoms with Crippen molar-refractivity contribution in [1.29, 1.82) is 0 Å². The van der Waals surface area contributed by atoms with Crippen molar-refractivity contribution in [3.8, 4) is 0 Å². The highest BCUT2D eigenvalue weighted by molar-refractivity contribution is 4.73. The van der Waals surface area contributed by atoms with Crippen LogP contribution in [0, 0.1) is 0 Å². The number of hydrogen-bond acceptors (Lipinski definition) is 3. The van der Waals surface area contributed by atoms with Crippen LogP contribution >= 0.6 is 0 Å². The molecule has 2 atom stereocenters. The van der Waals surface area contributed by atoms with Crippen molar-refractivity contribution in [3.05, 3.63) is 0 Å². The SMILES string of the molecule is CC.CC.OCC1OCCC1O. The zero-order valence-corrected chi connectivity index (χ0v) is 8.58. The van der Waals surface area contributed by atoms with Gasteiger partial charge in [0, 0.05) is 6.61 Å². The van der Waals surface area contributed by atoms with E-state index in [0.717, 1.165) is 0 Å². The maximum Gasteiger partial charge on any atom is 0.106 e. The van der Waals surface area contributed by atoms with Gasteiger partial charge >= 0.3 is 0 Å². The van der Waals surface area contributed by atoms with E-state index >= 15 is 0 Å². The van der Waals surface area contributed by atoms with Crippen LogP contribution in [-0.2, 0) is 4.74 Å². The molecule has 3 heteroatoms. The fraction of sp³-hybridized carbons (Fsp3) is 1.00. The summed E-state index contributed by atoms with van der Waals surface area (Å²) in [6.07, 6.45) is -0.111. The van der Waals surface area contributed by atoms with E-state index in [2.05, 4.69) is 0 Å². The van der Waals surface area contributed by atoms with Crippen LogP contribution in [0.2, 0.25) is 0 Å². The summed E-state index contributed by atoms with van der Waals surface area (Å²) in [4.78, 5) is 0. The quantitative estimate of drug-likeness (QED) is 0.634. The highest BCUT2D eigenvalue weighted by Gasteiger charge is 2.24. The molecule has 1 heterocycles. The fourth-order valence-corrected chi connectivity index (χ4v) is 0.812. The zero-order valence-electron chi connectivity index (χ0n) is 8.58. The predicted molar refractivity (Wildman–Crippen MR) is 50.1 cm³/mol. The Balaban J connectivity index is 0. The molecule has 0 aromatic heterocycles. The van der Waals surface area contributed by atoms with Gasteiger partial charge in [0.1, 0.15) is 6.10 Å². The molecule has 1 saturated heterocycles. The average Bonchev–Trinajstić information content (AvgIpc) is 2.58. The first-order valence-corrected chi connectivity index (χ1v) is 4.75. The van der Waals surface area contributed by atoms with Gasteiger partial charge in [0.15, 0.2) is 0 Å². The molecule has 0 aromatic rings. The Bertz CT molecular complexity index is 76.2. The lowest BCUT2D eigenvalue weighted by molar-refractivity contribution is 0.00406. The number of rotatable bonds is 1. The van der Waals surface area contributed by atoms with Crippen LogP contribution in [0.1, 0.15) is 34.1 Å². The molecule has 0 radical (unpaired) electrons. The van der Waals surface area contributed by atoms with Gasteiger partial charge in [-0.25, -0.2) is 0 Å². The lowest BCUT2D eigenvalue weighted by Crippen LogP contribution is -2.24. The van der Waals surface area contributed by atoms with E-state index in [0.29, 0.717) is 13.0 Å². The number of aliphatic hydroxyl groups is 2. The van der Waals surface area contributed by atoms with Gasteiger partial charge in [0.25, 0.3) is 0 Å². The molecule has 0 aliphatic carbocycles. The normalized spacial score (nSPS) is 26.5. The van der Waals surface area contributed by atoms with Crippen LogP contribution in [-0.4, -0.2) is 35.6 Å². The second kappa shape index (κ2) is 10.9. The van der Waals surface area contributed by atoms with Crippen LogP contribution in [0.4, 0.5) is 0 Å². The molecular formula is C9H22O3. The first-order valence-electron chi connectivity index (χ1n) is 4.75.